The number of nitrogens with zero attached hydrogens (tertiary/aromatic N) is 2. The second-order valence-electron chi connectivity index (χ2n) is 6.61. The Morgan fingerprint density at radius 3 is 2.52 bits per heavy atom. The van der Waals surface area contributed by atoms with E-state index in [1.54, 1.807) is 25.3 Å². The van der Waals surface area contributed by atoms with Gasteiger partial charge in [0.2, 0.25) is 15.9 Å². The number of hydrogen-bond donors (Lipinski definition) is 1. The molecule has 1 saturated heterocycles. The molecule has 8 heteroatoms. The van der Waals surface area contributed by atoms with Crippen LogP contribution in [0.5, 0.6) is 5.75 Å². The van der Waals surface area contributed by atoms with Gasteiger partial charge in [-0.1, -0.05) is 12.1 Å². The molecule has 142 valence electrons. The SMILES string of the molecule is COc1ccccc1N1CCN(S(=O)(=O)c2ccc3c(c2)CC(=O)N3)CC1. The first-order valence-electron chi connectivity index (χ1n) is 8.80. The van der Waals surface area contributed by atoms with Crippen molar-refractivity contribution in [1.82, 2.24) is 4.31 Å². The van der Waals surface area contributed by atoms with Gasteiger partial charge in [-0.25, -0.2) is 8.42 Å². The Hall–Kier alpha value is -2.58. The van der Waals surface area contributed by atoms with E-state index in [-0.39, 0.29) is 17.2 Å². The number of rotatable bonds is 4. The zero-order valence-electron chi connectivity index (χ0n) is 15.0. The Bertz CT molecular complexity index is 982. The summed E-state index contributed by atoms with van der Waals surface area (Å²) in [4.78, 5) is 13.9. The fourth-order valence-corrected chi connectivity index (χ4v) is 5.05. The number of nitrogens with one attached hydrogen (secondary N) is 1. The van der Waals surface area contributed by atoms with Gasteiger partial charge in [-0.15, -0.1) is 0 Å². The maximum Gasteiger partial charge on any atom is 0.243 e. The Kier molecular flexibility index (Phi) is 4.53. The molecule has 0 unspecified atom stereocenters. The molecule has 7 nitrogen and oxygen atoms in total. The van der Waals surface area contributed by atoms with Gasteiger partial charge in [-0.2, -0.15) is 4.31 Å². The summed E-state index contributed by atoms with van der Waals surface area (Å²) in [6.07, 6.45) is 0.222. The van der Waals surface area contributed by atoms with Gasteiger partial charge in [0, 0.05) is 31.9 Å². The molecule has 2 aromatic carbocycles. The van der Waals surface area contributed by atoms with Crippen LogP contribution >= 0.6 is 0 Å². The molecule has 0 spiro atoms. The molecule has 0 saturated carbocycles. The van der Waals surface area contributed by atoms with Crippen molar-refractivity contribution in [3.8, 4) is 5.75 Å². The van der Waals surface area contributed by atoms with Gasteiger partial charge < -0.3 is 15.0 Å². The van der Waals surface area contributed by atoms with Crippen molar-refractivity contribution < 1.29 is 17.9 Å². The smallest absolute Gasteiger partial charge is 0.243 e. The van der Waals surface area contributed by atoms with Crippen molar-refractivity contribution in [3.63, 3.8) is 0 Å². The zero-order valence-corrected chi connectivity index (χ0v) is 15.8. The molecule has 1 amide bonds. The van der Waals surface area contributed by atoms with Gasteiger partial charge in [0.05, 0.1) is 24.1 Å². The van der Waals surface area contributed by atoms with Crippen LogP contribution in [0.25, 0.3) is 0 Å². The minimum Gasteiger partial charge on any atom is -0.495 e. The normalized spacial score (nSPS) is 17.5. The monoisotopic (exact) mass is 387 g/mol. The highest BCUT2D eigenvalue weighted by Gasteiger charge is 2.30. The number of amides is 1. The number of carbonyl (C=O) groups excluding carboxylic acids is 1. The van der Waals surface area contributed by atoms with Gasteiger partial charge in [0.25, 0.3) is 0 Å². The Balaban J connectivity index is 1.51. The molecule has 0 aromatic heterocycles. The van der Waals surface area contributed by atoms with Gasteiger partial charge >= 0.3 is 0 Å². The third kappa shape index (κ3) is 3.26. The summed E-state index contributed by atoms with van der Waals surface area (Å²) in [7, 11) is -1.95. The Morgan fingerprint density at radius 1 is 1.04 bits per heavy atom. The molecule has 0 aliphatic carbocycles. The van der Waals surface area contributed by atoms with Crippen LogP contribution in [0.2, 0.25) is 0 Å². The lowest BCUT2D eigenvalue weighted by atomic mass is 10.2. The van der Waals surface area contributed by atoms with E-state index in [0.29, 0.717) is 31.9 Å². The fourth-order valence-electron chi connectivity index (χ4n) is 3.58. The molecule has 2 aromatic rings. The molecule has 0 radical (unpaired) electrons. The van der Waals surface area contributed by atoms with Crippen LogP contribution in [0, 0.1) is 0 Å². The largest absolute Gasteiger partial charge is 0.495 e. The summed E-state index contributed by atoms with van der Waals surface area (Å²) < 4.78 is 32.9. The predicted molar refractivity (Wildman–Crippen MR) is 103 cm³/mol. The number of para-hydroxylation sites is 2. The van der Waals surface area contributed by atoms with E-state index < -0.39 is 10.0 Å². The lowest BCUT2D eigenvalue weighted by Crippen LogP contribution is -2.48. The molecule has 2 aliphatic heterocycles. The van der Waals surface area contributed by atoms with Crippen LogP contribution in [0.3, 0.4) is 0 Å². The lowest BCUT2D eigenvalue weighted by molar-refractivity contribution is -0.115. The zero-order chi connectivity index (χ0) is 19.0. The number of fused-ring (bicyclic) bond motifs is 1. The number of sulfonamides is 1. The van der Waals surface area contributed by atoms with E-state index in [0.717, 1.165) is 17.0 Å². The van der Waals surface area contributed by atoms with Crippen LogP contribution in [-0.4, -0.2) is 51.9 Å². The number of anilines is 2. The standard InChI is InChI=1S/C19H21N3O4S/c1-26-18-5-3-2-4-17(18)21-8-10-22(11-9-21)27(24,25)15-6-7-16-14(12-15)13-19(23)20-16/h2-7,12H,8-11,13H2,1H3,(H,20,23). The number of carbonyl (C=O) groups is 1. The van der Waals surface area contributed by atoms with Crippen molar-refractivity contribution in [1.29, 1.82) is 0 Å². The summed E-state index contributed by atoms with van der Waals surface area (Å²) in [6, 6.07) is 12.6. The summed E-state index contributed by atoms with van der Waals surface area (Å²) in [5, 5.41) is 2.72. The first-order chi connectivity index (χ1) is 13.0. The van der Waals surface area contributed by atoms with E-state index in [1.807, 2.05) is 24.3 Å². The van der Waals surface area contributed by atoms with Gasteiger partial charge in [-0.05, 0) is 35.9 Å². The third-order valence-electron chi connectivity index (χ3n) is 5.00. The molecule has 1 N–H and O–H groups in total. The second kappa shape index (κ2) is 6.86. The van der Waals surface area contributed by atoms with Crippen LogP contribution in [0.1, 0.15) is 5.56 Å². The summed E-state index contributed by atoms with van der Waals surface area (Å²) in [6.45, 7) is 1.97. The number of ether oxygens (including phenoxy) is 1. The highest BCUT2D eigenvalue weighted by atomic mass is 32.2. The average Bonchev–Trinajstić information content (AvgIpc) is 3.07. The minimum absolute atomic E-state index is 0.107. The molecule has 27 heavy (non-hydrogen) atoms. The third-order valence-corrected chi connectivity index (χ3v) is 6.90. The number of piperazine rings is 1. The lowest BCUT2D eigenvalue weighted by Gasteiger charge is -2.36. The first kappa shape index (κ1) is 17.8. The van der Waals surface area contributed by atoms with Crippen LogP contribution in [0.4, 0.5) is 11.4 Å². The molecular formula is C19H21N3O4S. The number of benzene rings is 2. The summed E-state index contributed by atoms with van der Waals surface area (Å²) in [5.74, 6) is 0.676. The minimum atomic E-state index is -3.59. The van der Waals surface area contributed by atoms with E-state index in [1.165, 1.54) is 4.31 Å². The van der Waals surface area contributed by atoms with Gasteiger partial charge in [0.15, 0.2) is 0 Å². The molecular weight excluding hydrogens is 366 g/mol. The van der Waals surface area contributed by atoms with E-state index >= 15 is 0 Å². The molecule has 0 bridgehead atoms. The highest BCUT2D eigenvalue weighted by Crippen LogP contribution is 2.30. The average molecular weight is 387 g/mol. The van der Waals surface area contributed by atoms with Crippen molar-refractivity contribution >= 4 is 27.3 Å². The maximum absolute atomic E-state index is 13.0. The summed E-state index contributed by atoms with van der Waals surface area (Å²) in [5.41, 5.74) is 2.40. The van der Waals surface area contributed by atoms with Crippen LogP contribution in [-0.2, 0) is 21.2 Å². The highest BCUT2D eigenvalue weighted by molar-refractivity contribution is 7.89. The molecule has 0 atom stereocenters. The summed E-state index contributed by atoms with van der Waals surface area (Å²) >= 11 is 0. The van der Waals surface area contributed by atoms with Gasteiger partial charge in [-0.3, -0.25) is 4.79 Å². The Labute approximate surface area is 158 Å². The molecule has 2 heterocycles. The topological polar surface area (TPSA) is 79.0 Å². The quantitative estimate of drug-likeness (QED) is 0.864. The maximum atomic E-state index is 13.0. The molecule has 2 aliphatic rings. The van der Waals surface area contributed by atoms with Crippen molar-refractivity contribution in [2.45, 2.75) is 11.3 Å². The fraction of sp³-hybridized carbons (Fsp3) is 0.316. The Morgan fingerprint density at radius 2 is 1.78 bits per heavy atom. The van der Waals surface area contributed by atoms with Crippen molar-refractivity contribution in [2.75, 3.05) is 43.5 Å². The van der Waals surface area contributed by atoms with E-state index in [2.05, 4.69) is 10.2 Å². The van der Waals surface area contributed by atoms with E-state index in [4.69, 9.17) is 4.74 Å². The number of methoxy groups -OCH3 is 1. The van der Waals surface area contributed by atoms with Crippen LogP contribution in [0.15, 0.2) is 47.4 Å². The second-order valence-corrected chi connectivity index (χ2v) is 8.54. The van der Waals surface area contributed by atoms with Gasteiger partial charge in [0.1, 0.15) is 5.75 Å². The predicted octanol–water partition coefficient (Wildman–Crippen LogP) is 1.70. The van der Waals surface area contributed by atoms with Crippen molar-refractivity contribution in [2.24, 2.45) is 0 Å². The number of hydrogen-bond acceptors (Lipinski definition) is 5. The van der Waals surface area contributed by atoms with Crippen molar-refractivity contribution in [3.05, 3.63) is 48.0 Å². The first-order valence-corrected chi connectivity index (χ1v) is 10.2. The van der Waals surface area contributed by atoms with Crippen LogP contribution < -0.4 is 15.0 Å². The molecule has 4 rings (SSSR count). The molecule has 1 fully saturated rings. The van der Waals surface area contributed by atoms with E-state index in [9.17, 15) is 13.2 Å².